The van der Waals surface area contributed by atoms with Gasteiger partial charge in [-0.05, 0) is 30.5 Å². The molecule has 10 heteroatoms. The summed E-state index contributed by atoms with van der Waals surface area (Å²) in [7, 11) is 2.64. The first-order valence-corrected chi connectivity index (χ1v) is 10.6. The summed E-state index contributed by atoms with van der Waals surface area (Å²) in [5.74, 6) is -0.915. The summed E-state index contributed by atoms with van der Waals surface area (Å²) >= 11 is 1.35. The van der Waals surface area contributed by atoms with E-state index in [1.165, 1.54) is 31.8 Å². The van der Waals surface area contributed by atoms with E-state index < -0.39 is 29.1 Å². The number of carbonyl (C=O) groups is 1. The average Bonchev–Trinajstić information content (AvgIpc) is 3.20. The Kier molecular flexibility index (Phi) is 5.17. The number of thiophene rings is 1. The van der Waals surface area contributed by atoms with Gasteiger partial charge >= 0.3 is 5.69 Å². The Hall–Kier alpha value is -3.79. The number of Topliss-reactive ketones (excluding diaryl/α,β-unsaturated/α-hetero) is 1. The smallest absolute Gasteiger partial charge is 0.332 e. The summed E-state index contributed by atoms with van der Waals surface area (Å²) in [6.07, 6.45) is 1.28. The molecule has 0 fully saturated rings. The van der Waals surface area contributed by atoms with E-state index in [0.717, 1.165) is 36.0 Å². The Morgan fingerprint density at radius 3 is 2.47 bits per heavy atom. The van der Waals surface area contributed by atoms with E-state index in [1.807, 2.05) is 37.4 Å². The molecule has 0 unspecified atom stereocenters. The van der Waals surface area contributed by atoms with Crippen molar-refractivity contribution >= 4 is 33.2 Å². The molecule has 32 heavy (non-hydrogen) atoms. The van der Waals surface area contributed by atoms with Gasteiger partial charge in [-0.2, -0.15) is 0 Å². The van der Waals surface area contributed by atoms with Gasteiger partial charge in [0.15, 0.2) is 5.78 Å². The van der Waals surface area contributed by atoms with Gasteiger partial charge in [0.2, 0.25) is 0 Å². The zero-order valence-electron chi connectivity index (χ0n) is 18.0. The highest BCUT2D eigenvalue weighted by atomic mass is 32.1. The molecule has 4 rings (SSSR count). The normalized spacial score (nSPS) is 11.2. The van der Waals surface area contributed by atoms with E-state index in [-0.39, 0.29) is 11.4 Å². The fraction of sp³-hybridized carbons (Fsp3) is 0.227. The first-order chi connectivity index (χ1) is 15.1. The number of fused-ring (bicyclic) bond motifs is 1. The van der Waals surface area contributed by atoms with Crippen molar-refractivity contribution in [3.63, 3.8) is 0 Å². The number of ketones is 1. The van der Waals surface area contributed by atoms with E-state index in [2.05, 4.69) is 4.98 Å². The lowest BCUT2D eigenvalue weighted by Gasteiger charge is -2.11. The lowest BCUT2D eigenvalue weighted by Crippen LogP contribution is -2.42. The molecule has 0 spiro atoms. The van der Waals surface area contributed by atoms with Crippen LogP contribution in [0.1, 0.15) is 21.5 Å². The van der Waals surface area contributed by atoms with E-state index in [9.17, 15) is 19.2 Å². The maximum absolute atomic E-state index is 13.3. The number of nitrogen functional groups attached to an aromatic ring is 1. The molecule has 3 heterocycles. The predicted octanol–water partition coefficient (Wildman–Crippen LogP) is 1.60. The van der Waals surface area contributed by atoms with Crippen LogP contribution in [0.3, 0.4) is 0 Å². The second-order valence-corrected chi connectivity index (χ2v) is 8.55. The van der Waals surface area contributed by atoms with E-state index >= 15 is 0 Å². The van der Waals surface area contributed by atoms with Crippen LogP contribution in [0, 0.1) is 13.8 Å². The summed E-state index contributed by atoms with van der Waals surface area (Å²) in [6, 6.07) is 5.94. The van der Waals surface area contributed by atoms with Crippen LogP contribution < -0.4 is 22.5 Å². The molecule has 0 radical (unpaired) electrons. The highest BCUT2D eigenvalue weighted by Crippen LogP contribution is 2.31. The van der Waals surface area contributed by atoms with Crippen LogP contribution in [0.4, 0.5) is 5.82 Å². The van der Waals surface area contributed by atoms with Crippen molar-refractivity contribution in [3.05, 3.63) is 77.8 Å². The van der Waals surface area contributed by atoms with Gasteiger partial charge in [-0.25, -0.2) is 9.78 Å². The van der Waals surface area contributed by atoms with Crippen molar-refractivity contribution in [3.8, 4) is 11.1 Å². The first kappa shape index (κ1) is 21.4. The molecule has 0 amide bonds. The molecule has 4 aromatic rings. The molecule has 164 valence electrons. The molecule has 3 aromatic heterocycles. The molecule has 0 saturated carbocycles. The van der Waals surface area contributed by atoms with Crippen LogP contribution in [0.5, 0.6) is 0 Å². The second kappa shape index (κ2) is 7.72. The number of aromatic nitrogens is 4. The third-order valence-electron chi connectivity index (χ3n) is 5.68. The van der Waals surface area contributed by atoms with Gasteiger partial charge in [-0.15, -0.1) is 11.3 Å². The van der Waals surface area contributed by atoms with Crippen LogP contribution in [-0.2, 0) is 20.6 Å². The van der Waals surface area contributed by atoms with Gasteiger partial charge in [-0.1, -0.05) is 18.2 Å². The van der Waals surface area contributed by atoms with Gasteiger partial charge in [0.1, 0.15) is 16.2 Å². The van der Waals surface area contributed by atoms with Crippen molar-refractivity contribution in [2.45, 2.75) is 20.4 Å². The average molecular weight is 452 g/mol. The Morgan fingerprint density at radius 2 is 1.78 bits per heavy atom. The molecular formula is C22H21N5O4S. The van der Waals surface area contributed by atoms with Crippen LogP contribution in [0.2, 0.25) is 0 Å². The number of aryl methyl sites for hydroxylation is 2. The second-order valence-electron chi connectivity index (χ2n) is 7.70. The summed E-state index contributed by atoms with van der Waals surface area (Å²) in [5, 5.41) is 2.28. The zero-order chi connectivity index (χ0) is 23.3. The van der Waals surface area contributed by atoms with Crippen molar-refractivity contribution in [2.24, 2.45) is 14.1 Å². The summed E-state index contributed by atoms with van der Waals surface area (Å²) in [5.41, 5.74) is 7.58. The maximum atomic E-state index is 13.3. The number of nitrogens with zero attached hydrogens (tertiary/aromatic N) is 4. The van der Waals surface area contributed by atoms with Crippen molar-refractivity contribution < 1.29 is 4.79 Å². The van der Waals surface area contributed by atoms with Gasteiger partial charge < -0.3 is 5.73 Å². The number of hydrogen-bond donors (Lipinski definition) is 1. The number of hydrogen-bond acceptors (Lipinski definition) is 7. The Balaban J connectivity index is 1.82. The van der Waals surface area contributed by atoms with Gasteiger partial charge in [0, 0.05) is 25.0 Å². The number of carbonyl (C=O) groups excluding carboxylic acids is 1. The molecule has 0 aliphatic heterocycles. The molecule has 0 bridgehead atoms. The molecule has 2 N–H and O–H groups in total. The molecule has 0 aliphatic carbocycles. The monoisotopic (exact) mass is 451 g/mol. The molecule has 0 aliphatic rings. The third kappa shape index (κ3) is 3.28. The standard InChI is InChI=1S/C22H21N5O4S/c1-11-5-6-13(7-12(11)2)14-9-32-19-16(14)21(30)27(10-24-19)8-15(28)17-18(23)25(3)22(31)26(4)20(17)29/h5-7,9-10H,8,23H2,1-4H3. The minimum absolute atomic E-state index is 0.239. The number of rotatable bonds is 4. The first-order valence-electron chi connectivity index (χ1n) is 9.74. The summed E-state index contributed by atoms with van der Waals surface area (Å²) < 4.78 is 2.99. The van der Waals surface area contributed by atoms with Gasteiger partial charge in [0.25, 0.3) is 11.1 Å². The SMILES string of the molecule is Cc1ccc(-c2csc3ncn(CC(=O)c4c(N)n(C)c(=O)n(C)c4=O)c(=O)c23)cc1C. The van der Waals surface area contributed by atoms with Gasteiger partial charge in [-0.3, -0.25) is 28.1 Å². The Morgan fingerprint density at radius 1 is 1.06 bits per heavy atom. The largest absolute Gasteiger partial charge is 0.384 e. The van der Waals surface area contributed by atoms with Crippen LogP contribution >= 0.6 is 11.3 Å². The summed E-state index contributed by atoms with van der Waals surface area (Å²) in [6.45, 7) is 3.59. The maximum Gasteiger partial charge on any atom is 0.332 e. The molecule has 1 aromatic carbocycles. The van der Waals surface area contributed by atoms with Crippen LogP contribution in [0.15, 0.2) is 44.3 Å². The lowest BCUT2D eigenvalue weighted by molar-refractivity contribution is 0.0968. The number of benzene rings is 1. The van der Waals surface area contributed by atoms with Crippen molar-refractivity contribution in [1.82, 2.24) is 18.7 Å². The van der Waals surface area contributed by atoms with Gasteiger partial charge in [0.05, 0.1) is 18.3 Å². The Bertz CT molecular complexity index is 1590. The number of anilines is 1. The van der Waals surface area contributed by atoms with Crippen molar-refractivity contribution in [1.29, 1.82) is 0 Å². The van der Waals surface area contributed by atoms with Crippen molar-refractivity contribution in [2.75, 3.05) is 5.73 Å². The lowest BCUT2D eigenvalue weighted by atomic mass is 10.0. The fourth-order valence-corrected chi connectivity index (χ4v) is 4.46. The molecular weight excluding hydrogens is 430 g/mol. The Labute approximate surface area is 186 Å². The minimum atomic E-state index is -0.802. The molecule has 0 atom stereocenters. The zero-order valence-corrected chi connectivity index (χ0v) is 18.8. The number of nitrogens with two attached hydrogens (primary N) is 1. The molecule has 9 nitrogen and oxygen atoms in total. The van der Waals surface area contributed by atoms with E-state index in [4.69, 9.17) is 5.73 Å². The van der Waals surface area contributed by atoms with Crippen LogP contribution in [0.25, 0.3) is 21.3 Å². The quantitative estimate of drug-likeness (QED) is 0.471. The summed E-state index contributed by atoms with van der Waals surface area (Å²) in [4.78, 5) is 55.6. The minimum Gasteiger partial charge on any atom is -0.384 e. The predicted molar refractivity (Wildman–Crippen MR) is 124 cm³/mol. The topological polar surface area (TPSA) is 122 Å². The highest BCUT2D eigenvalue weighted by Gasteiger charge is 2.22. The van der Waals surface area contributed by atoms with E-state index in [1.54, 1.807) is 0 Å². The molecule has 0 saturated heterocycles. The van der Waals surface area contributed by atoms with Crippen LogP contribution in [-0.4, -0.2) is 24.5 Å². The fourth-order valence-electron chi connectivity index (χ4n) is 3.56. The van der Waals surface area contributed by atoms with E-state index in [0.29, 0.717) is 10.2 Å². The third-order valence-corrected chi connectivity index (χ3v) is 6.57. The highest BCUT2D eigenvalue weighted by molar-refractivity contribution is 7.17.